The fourth-order valence-electron chi connectivity index (χ4n) is 1.64. The number of carboxylic acid groups (broad SMARTS) is 1. The van der Waals surface area contributed by atoms with E-state index in [0.717, 1.165) is 0 Å². The van der Waals surface area contributed by atoms with Gasteiger partial charge < -0.3 is 14.4 Å². The number of benzene rings is 1. The highest BCUT2D eigenvalue weighted by Crippen LogP contribution is 2.33. The van der Waals surface area contributed by atoms with E-state index in [1.807, 2.05) is 0 Å². The lowest BCUT2D eigenvalue weighted by Crippen LogP contribution is -1.98. The van der Waals surface area contributed by atoms with E-state index in [-0.39, 0.29) is 11.5 Å². The SMILES string of the molecule is COc1ccc(F)cc1-c1onc(C(=O)O)c1C. The monoisotopic (exact) mass is 251 g/mol. The number of halogens is 1. The van der Waals surface area contributed by atoms with Gasteiger partial charge >= 0.3 is 5.97 Å². The lowest BCUT2D eigenvalue weighted by Gasteiger charge is -2.06. The highest BCUT2D eigenvalue weighted by Gasteiger charge is 2.21. The van der Waals surface area contributed by atoms with Gasteiger partial charge in [0.25, 0.3) is 0 Å². The molecule has 0 unspecified atom stereocenters. The number of carbonyl (C=O) groups is 1. The fourth-order valence-corrected chi connectivity index (χ4v) is 1.64. The minimum atomic E-state index is -1.20. The van der Waals surface area contributed by atoms with Crippen LogP contribution < -0.4 is 4.74 Å². The molecule has 0 saturated heterocycles. The third-order valence-electron chi connectivity index (χ3n) is 2.53. The van der Waals surface area contributed by atoms with Gasteiger partial charge in [0, 0.05) is 5.56 Å². The first-order valence-electron chi connectivity index (χ1n) is 5.08. The van der Waals surface area contributed by atoms with E-state index in [0.29, 0.717) is 16.9 Å². The average Bonchev–Trinajstić information content (AvgIpc) is 2.71. The van der Waals surface area contributed by atoms with E-state index in [1.54, 1.807) is 6.92 Å². The molecule has 1 aromatic carbocycles. The summed E-state index contributed by atoms with van der Waals surface area (Å²) in [6.07, 6.45) is 0. The highest BCUT2D eigenvalue weighted by atomic mass is 19.1. The van der Waals surface area contributed by atoms with E-state index in [1.165, 1.54) is 25.3 Å². The molecule has 1 aromatic heterocycles. The number of ether oxygens (including phenoxy) is 1. The molecule has 0 aliphatic rings. The Hall–Kier alpha value is -2.37. The molecule has 0 bridgehead atoms. The minimum absolute atomic E-state index is 0.184. The maximum absolute atomic E-state index is 13.2. The lowest BCUT2D eigenvalue weighted by atomic mass is 10.1. The lowest BCUT2D eigenvalue weighted by molar-refractivity contribution is 0.0685. The topological polar surface area (TPSA) is 72.6 Å². The van der Waals surface area contributed by atoms with Gasteiger partial charge in [0.2, 0.25) is 0 Å². The Kier molecular flexibility index (Phi) is 3.01. The quantitative estimate of drug-likeness (QED) is 0.907. The Morgan fingerprint density at radius 2 is 2.22 bits per heavy atom. The molecular formula is C12H10FNO4. The molecule has 5 nitrogen and oxygen atoms in total. The second-order valence-electron chi connectivity index (χ2n) is 3.64. The van der Waals surface area contributed by atoms with Crippen molar-refractivity contribution in [2.75, 3.05) is 7.11 Å². The van der Waals surface area contributed by atoms with Crippen LogP contribution in [-0.2, 0) is 0 Å². The summed E-state index contributed by atoms with van der Waals surface area (Å²) < 4.78 is 23.3. The molecule has 2 aromatic rings. The predicted molar refractivity (Wildman–Crippen MR) is 60.1 cm³/mol. The van der Waals surface area contributed by atoms with E-state index < -0.39 is 11.8 Å². The number of carboxylic acids is 1. The van der Waals surface area contributed by atoms with Gasteiger partial charge in [-0.2, -0.15) is 0 Å². The van der Waals surface area contributed by atoms with Gasteiger partial charge in [-0.25, -0.2) is 9.18 Å². The predicted octanol–water partition coefficient (Wildman–Crippen LogP) is 2.50. The molecule has 0 spiro atoms. The Morgan fingerprint density at radius 1 is 1.50 bits per heavy atom. The van der Waals surface area contributed by atoms with Crippen LogP contribution in [0, 0.1) is 12.7 Å². The Morgan fingerprint density at radius 3 is 2.78 bits per heavy atom. The third-order valence-corrected chi connectivity index (χ3v) is 2.53. The Labute approximate surface area is 102 Å². The van der Waals surface area contributed by atoms with Gasteiger partial charge in [0.15, 0.2) is 11.5 Å². The van der Waals surface area contributed by atoms with Crippen molar-refractivity contribution in [1.29, 1.82) is 0 Å². The Balaban J connectivity index is 2.61. The summed E-state index contributed by atoms with van der Waals surface area (Å²) in [5.74, 6) is -1.10. The minimum Gasteiger partial charge on any atom is -0.496 e. The van der Waals surface area contributed by atoms with Crippen molar-refractivity contribution in [2.45, 2.75) is 6.92 Å². The molecule has 0 radical (unpaired) electrons. The number of rotatable bonds is 3. The van der Waals surface area contributed by atoms with E-state index in [9.17, 15) is 9.18 Å². The molecule has 0 saturated carbocycles. The van der Waals surface area contributed by atoms with Gasteiger partial charge in [0.1, 0.15) is 11.6 Å². The molecule has 0 atom stereocenters. The molecule has 6 heteroatoms. The van der Waals surface area contributed by atoms with Crippen LogP contribution in [0.1, 0.15) is 16.1 Å². The van der Waals surface area contributed by atoms with E-state index >= 15 is 0 Å². The molecule has 1 N–H and O–H groups in total. The van der Waals surface area contributed by atoms with E-state index in [4.69, 9.17) is 14.4 Å². The molecule has 0 aliphatic heterocycles. The normalized spacial score (nSPS) is 10.4. The maximum Gasteiger partial charge on any atom is 0.358 e. The molecule has 0 aliphatic carbocycles. The number of aromatic nitrogens is 1. The third kappa shape index (κ3) is 1.92. The second-order valence-corrected chi connectivity index (χ2v) is 3.64. The maximum atomic E-state index is 13.2. The van der Waals surface area contributed by atoms with E-state index in [2.05, 4.69) is 5.16 Å². The van der Waals surface area contributed by atoms with Crippen molar-refractivity contribution in [3.05, 3.63) is 35.3 Å². The fraction of sp³-hybridized carbons (Fsp3) is 0.167. The van der Waals surface area contributed by atoms with Gasteiger partial charge in [-0.15, -0.1) is 0 Å². The zero-order valence-corrected chi connectivity index (χ0v) is 9.73. The number of methoxy groups -OCH3 is 1. The van der Waals surface area contributed by atoms with Crippen molar-refractivity contribution in [3.8, 4) is 17.1 Å². The van der Waals surface area contributed by atoms with Crippen LogP contribution in [0.15, 0.2) is 22.7 Å². The van der Waals surface area contributed by atoms with Crippen molar-refractivity contribution in [2.24, 2.45) is 0 Å². The summed E-state index contributed by atoms with van der Waals surface area (Å²) in [7, 11) is 1.43. The first-order chi connectivity index (χ1) is 8.54. The summed E-state index contributed by atoms with van der Waals surface area (Å²) in [5.41, 5.74) is 0.456. The zero-order chi connectivity index (χ0) is 13.3. The smallest absolute Gasteiger partial charge is 0.358 e. The van der Waals surface area contributed by atoms with Crippen LogP contribution in [0.25, 0.3) is 11.3 Å². The number of hydrogen-bond donors (Lipinski definition) is 1. The molecule has 18 heavy (non-hydrogen) atoms. The average molecular weight is 251 g/mol. The van der Waals surface area contributed by atoms with Crippen LogP contribution in [0.2, 0.25) is 0 Å². The number of nitrogens with zero attached hydrogens (tertiary/aromatic N) is 1. The van der Waals surface area contributed by atoms with Gasteiger partial charge in [-0.1, -0.05) is 5.16 Å². The van der Waals surface area contributed by atoms with Crippen molar-refractivity contribution in [1.82, 2.24) is 5.16 Å². The van der Waals surface area contributed by atoms with Crippen LogP contribution in [0.4, 0.5) is 4.39 Å². The Bertz CT molecular complexity index is 606. The summed E-state index contributed by atoms with van der Waals surface area (Å²) >= 11 is 0. The molecule has 0 amide bonds. The van der Waals surface area contributed by atoms with Crippen molar-refractivity contribution in [3.63, 3.8) is 0 Å². The zero-order valence-electron chi connectivity index (χ0n) is 9.73. The van der Waals surface area contributed by atoms with Crippen LogP contribution in [0.3, 0.4) is 0 Å². The first kappa shape index (κ1) is 12.1. The van der Waals surface area contributed by atoms with Crippen molar-refractivity contribution < 1.29 is 23.6 Å². The summed E-state index contributed by atoms with van der Waals surface area (Å²) in [4.78, 5) is 10.9. The van der Waals surface area contributed by atoms with Crippen LogP contribution >= 0.6 is 0 Å². The molecule has 0 fully saturated rings. The second kappa shape index (κ2) is 4.48. The van der Waals surface area contributed by atoms with Crippen molar-refractivity contribution >= 4 is 5.97 Å². The van der Waals surface area contributed by atoms with Gasteiger partial charge in [-0.3, -0.25) is 0 Å². The van der Waals surface area contributed by atoms with Gasteiger partial charge in [0.05, 0.1) is 12.7 Å². The summed E-state index contributed by atoms with van der Waals surface area (Å²) in [6.45, 7) is 1.54. The summed E-state index contributed by atoms with van der Waals surface area (Å²) in [5, 5.41) is 12.3. The number of aromatic carboxylic acids is 1. The first-order valence-corrected chi connectivity index (χ1v) is 5.08. The summed E-state index contributed by atoms with van der Waals surface area (Å²) in [6, 6.07) is 3.89. The van der Waals surface area contributed by atoms with Gasteiger partial charge in [-0.05, 0) is 25.1 Å². The van der Waals surface area contributed by atoms with Crippen LogP contribution in [-0.4, -0.2) is 23.3 Å². The highest BCUT2D eigenvalue weighted by molar-refractivity contribution is 5.89. The number of hydrogen-bond acceptors (Lipinski definition) is 4. The molecule has 2 rings (SSSR count). The molecular weight excluding hydrogens is 241 g/mol. The molecule has 1 heterocycles. The van der Waals surface area contributed by atoms with Crippen LogP contribution in [0.5, 0.6) is 5.75 Å². The standard InChI is InChI=1S/C12H10FNO4/c1-6-10(12(15)16)14-18-11(6)8-5-7(13)3-4-9(8)17-2/h3-5H,1-2H3,(H,15,16). The largest absolute Gasteiger partial charge is 0.496 e. The molecule has 94 valence electrons.